The van der Waals surface area contributed by atoms with Crippen LogP contribution in [-0.2, 0) is 0 Å². The van der Waals surface area contributed by atoms with Gasteiger partial charge in [-0.25, -0.2) is 4.39 Å². The van der Waals surface area contributed by atoms with E-state index >= 15 is 0 Å². The van der Waals surface area contributed by atoms with Crippen LogP contribution in [0.25, 0.3) is 0 Å². The summed E-state index contributed by atoms with van der Waals surface area (Å²) in [5.74, 6) is 0.371. The van der Waals surface area contributed by atoms with Gasteiger partial charge in [0.05, 0.1) is 6.10 Å². The van der Waals surface area contributed by atoms with Gasteiger partial charge in [0.25, 0.3) is 0 Å². The van der Waals surface area contributed by atoms with E-state index in [1.165, 1.54) is 0 Å². The summed E-state index contributed by atoms with van der Waals surface area (Å²) >= 11 is 0. The Hall–Kier alpha value is -0.150. The molecule has 0 spiro atoms. The second-order valence-electron chi connectivity index (χ2n) is 4.10. The van der Waals surface area contributed by atoms with E-state index in [-0.39, 0.29) is 6.10 Å². The van der Waals surface area contributed by atoms with Crippen LogP contribution in [-0.4, -0.2) is 41.9 Å². The summed E-state index contributed by atoms with van der Waals surface area (Å²) in [5, 5.41) is 9.57. The third-order valence-corrected chi connectivity index (χ3v) is 2.90. The zero-order valence-electron chi connectivity index (χ0n) is 8.54. The Morgan fingerprint density at radius 3 is 2.85 bits per heavy atom. The number of β-amino-alcohol motifs (C(OH)–C–C–N with tert-alkyl or cyclic N) is 1. The first kappa shape index (κ1) is 10.9. The number of piperidine rings is 1. The summed E-state index contributed by atoms with van der Waals surface area (Å²) in [5.41, 5.74) is 0. The molecular formula is C10H20FNO. The Kier molecular flexibility index (Phi) is 4.13. The van der Waals surface area contributed by atoms with Gasteiger partial charge in [-0.3, -0.25) is 4.90 Å². The summed E-state index contributed by atoms with van der Waals surface area (Å²) in [6, 6.07) is 0. The fourth-order valence-corrected chi connectivity index (χ4v) is 1.69. The highest BCUT2D eigenvalue weighted by Crippen LogP contribution is 2.17. The summed E-state index contributed by atoms with van der Waals surface area (Å²) in [6.07, 6.45) is 0.554. The maximum atomic E-state index is 13.0. The maximum Gasteiger partial charge on any atom is 0.112 e. The molecule has 2 nitrogen and oxygen atoms in total. The van der Waals surface area contributed by atoms with E-state index in [9.17, 15) is 9.50 Å². The second kappa shape index (κ2) is 4.91. The van der Waals surface area contributed by atoms with E-state index in [1.54, 1.807) is 0 Å². The summed E-state index contributed by atoms with van der Waals surface area (Å²) in [4.78, 5) is 2.03. The molecule has 0 saturated carbocycles. The molecule has 3 heteroatoms. The van der Waals surface area contributed by atoms with Crippen molar-refractivity contribution in [1.82, 2.24) is 4.90 Å². The van der Waals surface area contributed by atoms with Gasteiger partial charge in [0.2, 0.25) is 0 Å². The molecule has 13 heavy (non-hydrogen) atoms. The van der Waals surface area contributed by atoms with Gasteiger partial charge in [-0.2, -0.15) is 0 Å². The first-order chi connectivity index (χ1) is 6.13. The molecule has 0 aromatic rings. The quantitative estimate of drug-likeness (QED) is 0.726. The van der Waals surface area contributed by atoms with Gasteiger partial charge in [0, 0.05) is 13.1 Å². The second-order valence-corrected chi connectivity index (χ2v) is 4.10. The Balaban J connectivity index is 2.29. The number of aliphatic hydroxyl groups is 1. The number of aliphatic hydroxyl groups excluding tert-OH is 1. The van der Waals surface area contributed by atoms with E-state index < -0.39 is 6.17 Å². The highest BCUT2D eigenvalue weighted by Gasteiger charge is 2.25. The predicted molar refractivity (Wildman–Crippen MR) is 51.4 cm³/mol. The molecule has 1 aliphatic heterocycles. The molecule has 0 aromatic heterocycles. The lowest BCUT2D eigenvalue weighted by Gasteiger charge is -2.34. The molecule has 1 saturated heterocycles. The zero-order chi connectivity index (χ0) is 9.84. The normalized spacial score (nSPS) is 33.2. The van der Waals surface area contributed by atoms with Crippen LogP contribution in [0.5, 0.6) is 0 Å². The lowest BCUT2D eigenvalue weighted by Crippen LogP contribution is -2.45. The number of likely N-dealkylation sites (tertiary alicyclic amines) is 1. The average Bonchev–Trinajstić information content (AvgIpc) is 2.11. The predicted octanol–water partition coefficient (Wildman–Crippen LogP) is 1.44. The molecule has 1 N–H and O–H groups in total. The van der Waals surface area contributed by atoms with Gasteiger partial charge < -0.3 is 5.11 Å². The standard InChI is InChI=1S/C10H20FNO/c1-3-9(11)6-12-5-4-8(2)10(13)7-12/h8-10,13H,3-7H2,1-2H3. The van der Waals surface area contributed by atoms with Crippen molar-refractivity contribution < 1.29 is 9.50 Å². The smallest absolute Gasteiger partial charge is 0.112 e. The maximum absolute atomic E-state index is 13.0. The number of alkyl halides is 1. The van der Waals surface area contributed by atoms with Crippen LogP contribution in [0.3, 0.4) is 0 Å². The fraction of sp³-hybridized carbons (Fsp3) is 1.00. The summed E-state index contributed by atoms with van der Waals surface area (Å²) in [6.45, 7) is 5.96. The highest BCUT2D eigenvalue weighted by molar-refractivity contribution is 4.78. The average molecular weight is 189 g/mol. The molecule has 1 heterocycles. The third kappa shape index (κ3) is 3.24. The van der Waals surface area contributed by atoms with Crippen LogP contribution in [0.4, 0.5) is 4.39 Å². The lowest BCUT2D eigenvalue weighted by molar-refractivity contribution is 0.0195. The highest BCUT2D eigenvalue weighted by atomic mass is 19.1. The van der Waals surface area contributed by atoms with Gasteiger partial charge in [-0.15, -0.1) is 0 Å². The van der Waals surface area contributed by atoms with Crippen LogP contribution in [0.1, 0.15) is 26.7 Å². The van der Waals surface area contributed by atoms with Crippen molar-refractivity contribution in [2.75, 3.05) is 19.6 Å². The molecule has 0 radical (unpaired) electrons. The summed E-state index contributed by atoms with van der Waals surface area (Å²) in [7, 11) is 0. The van der Waals surface area contributed by atoms with Gasteiger partial charge >= 0.3 is 0 Å². The molecule has 0 aromatic carbocycles. The monoisotopic (exact) mass is 189 g/mol. The molecule has 3 atom stereocenters. The number of hydrogen-bond donors (Lipinski definition) is 1. The zero-order valence-corrected chi connectivity index (χ0v) is 8.54. The molecule has 0 amide bonds. The van der Waals surface area contributed by atoms with Gasteiger partial charge in [0.15, 0.2) is 0 Å². The summed E-state index contributed by atoms with van der Waals surface area (Å²) < 4.78 is 13.0. The Bertz CT molecular complexity index is 152. The first-order valence-electron chi connectivity index (χ1n) is 5.18. The van der Waals surface area contributed by atoms with Gasteiger partial charge in [-0.1, -0.05) is 13.8 Å². The minimum Gasteiger partial charge on any atom is -0.392 e. The Morgan fingerprint density at radius 2 is 2.31 bits per heavy atom. The minimum absolute atomic E-state index is 0.266. The van der Waals surface area contributed by atoms with Crippen LogP contribution < -0.4 is 0 Å². The molecule has 0 bridgehead atoms. The van der Waals surface area contributed by atoms with Crippen molar-refractivity contribution in [3.05, 3.63) is 0 Å². The number of hydrogen-bond acceptors (Lipinski definition) is 2. The van der Waals surface area contributed by atoms with Crippen LogP contribution in [0, 0.1) is 5.92 Å². The van der Waals surface area contributed by atoms with Crippen molar-refractivity contribution in [1.29, 1.82) is 0 Å². The van der Waals surface area contributed by atoms with Gasteiger partial charge in [-0.05, 0) is 25.3 Å². The Labute approximate surface area is 79.7 Å². The Morgan fingerprint density at radius 1 is 1.62 bits per heavy atom. The van der Waals surface area contributed by atoms with Crippen molar-refractivity contribution in [2.45, 2.75) is 39.0 Å². The van der Waals surface area contributed by atoms with Crippen LogP contribution in [0.15, 0.2) is 0 Å². The van der Waals surface area contributed by atoms with E-state index in [4.69, 9.17) is 0 Å². The third-order valence-electron chi connectivity index (χ3n) is 2.90. The van der Waals surface area contributed by atoms with Gasteiger partial charge in [0.1, 0.15) is 6.17 Å². The van der Waals surface area contributed by atoms with Crippen molar-refractivity contribution >= 4 is 0 Å². The first-order valence-corrected chi connectivity index (χ1v) is 5.18. The molecule has 1 rings (SSSR count). The molecule has 3 unspecified atom stereocenters. The van der Waals surface area contributed by atoms with E-state index in [0.717, 1.165) is 13.0 Å². The number of halogens is 1. The SMILES string of the molecule is CCC(F)CN1CCC(C)C(O)C1. The number of rotatable bonds is 3. The van der Waals surface area contributed by atoms with Crippen LogP contribution in [0.2, 0.25) is 0 Å². The molecule has 1 aliphatic rings. The topological polar surface area (TPSA) is 23.5 Å². The molecular weight excluding hydrogens is 169 g/mol. The molecule has 0 aliphatic carbocycles. The van der Waals surface area contributed by atoms with E-state index in [1.807, 2.05) is 11.8 Å². The van der Waals surface area contributed by atoms with Crippen LogP contribution >= 0.6 is 0 Å². The number of nitrogens with zero attached hydrogens (tertiary/aromatic N) is 1. The van der Waals surface area contributed by atoms with E-state index in [2.05, 4.69) is 6.92 Å². The van der Waals surface area contributed by atoms with E-state index in [0.29, 0.717) is 25.4 Å². The fourth-order valence-electron chi connectivity index (χ4n) is 1.69. The van der Waals surface area contributed by atoms with Crippen molar-refractivity contribution in [3.63, 3.8) is 0 Å². The molecule has 78 valence electrons. The van der Waals surface area contributed by atoms with Crippen molar-refractivity contribution in [2.24, 2.45) is 5.92 Å². The lowest BCUT2D eigenvalue weighted by atomic mass is 9.96. The largest absolute Gasteiger partial charge is 0.392 e. The minimum atomic E-state index is -0.736. The van der Waals surface area contributed by atoms with Crippen molar-refractivity contribution in [3.8, 4) is 0 Å². The molecule has 1 fully saturated rings.